The molecule has 1 fully saturated rings. The Morgan fingerprint density at radius 2 is 1.91 bits per heavy atom. The fraction of sp³-hybridized carbons (Fsp3) is 0.800. The normalized spacial score (nSPS) is 34.7. The Hall–Kier alpha value is -0.300. The lowest BCUT2D eigenvalue weighted by atomic mass is 9.80. The summed E-state index contributed by atoms with van der Waals surface area (Å²) in [6.45, 7) is 6.01. The smallest absolute Gasteiger partial charge is 0.0540 e. The Bertz CT molecular complexity index is 123. The molecule has 0 amide bonds. The van der Waals surface area contributed by atoms with Crippen LogP contribution < -0.4 is 0 Å². The van der Waals surface area contributed by atoms with Gasteiger partial charge in [0.1, 0.15) is 0 Å². The van der Waals surface area contributed by atoms with E-state index in [1.807, 2.05) is 6.08 Å². The maximum absolute atomic E-state index is 9.26. The monoisotopic (exact) mass is 154 g/mol. The first kappa shape index (κ1) is 8.79. The third-order valence-corrected chi connectivity index (χ3v) is 2.86. The minimum absolute atomic E-state index is 0.0248. The summed E-state index contributed by atoms with van der Waals surface area (Å²) in [6.07, 6.45) is 6.33. The molecule has 0 aromatic heterocycles. The van der Waals surface area contributed by atoms with Crippen LogP contribution in [-0.4, -0.2) is 11.2 Å². The van der Waals surface area contributed by atoms with Gasteiger partial charge >= 0.3 is 0 Å². The molecular formula is C10H18O. The van der Waals surface area contributed by atoms with Crippen LogP contribution in [0.5, 0.6) is 0 Å². The second kappa shape index (κ2) is 3.91. The molecule has 0 spiro atoms. The lowest BCUT2D eigenvalue weighted by Crippen LogP contribution is -2.21. The molecule has 0 aromatic carbocycles. The zero-order valence-electron chi connectivity index (χ0n) is 7.29. The first-order valence-corrected chi connectivity index (χ1v) is 4.54. The van der Waals surface area contributed by atoms with Gasteiger partial charge in [-0.05, 0) is 37.5 Å². The second-order valence-corrected chi connectivity index (χ2v) is 3.66. The Labute approximate surface area is 69.1 Å². The summed E-state index contributed by atoms with van der Waals surface area (Å²) in [5, 5.41) is 9.26. The molecule has 1 nitrogen and oxygen atoms in total. The summed E-state index contributed by atoms with van der Waals surface area (Å²) < 4.78 is 0. The van der Waals surface area contributed by atoms with Gasteiger partial charge in [0, 0.05) is 0 Å². The van der Waals surface area contributed by atoms with Gasteiger partial charge in [0.25, 0.3) is 0 Å². The van der Waals surface area contributed by atoms with Crippen molar-refractivity contribution in [1.82, 2.24) is 0 Å². The van der Waals surface area contributed by atoms with Crippen LogP contribution in [0, 0.1) is 11.8 Å². The Balaban J connectivity index is 2.32. The fourth-order valence-corrected chi connectivity index (χ4v) is 1.82. The molecule has 1 aliphatic rings. The van der Waals surface area contributed by atoms with Crippen LogP contribution in [0.2, 0.25) is 0 Å². The number of aliphatic hydroxyl groups is 1. The highest BCUT2D eigenvalue weighted by Gasteiger charge is 2.21. The molecule has 0 saturated heterocycles. The number of rotatable bonds is 2. The minimum Gasteiger partial charge on any atom is -0.393 e. The molecule has 0 aromatic rings. The van der Waals surface area contributed by atoms with E-state index in [2.05, 4.69) is 13.5 Å². The average Bonchev–Trinajstić information content (AvgIpc) is 2.05. The molecule has 0 heterocycles. The van der Waals surface area contributed by atoms with Crippen molar-refractivity contribution in [3.8, 4) is 0 Å². The molecule has 0 bridgehead atoms. The van der Waals surface area contributed by atoms with Gasteiger partial charge < -0.3 is 5.11 Å². The molecule has 1 saturated carbocycles. The fourth-order valence-electron chi connectivity index (χ4n) is 1.82. The summed E-state index contributed by atoms with van der Waals surface area (Å²) in [7, 11) is 0. The molecular weight excluding hydrogens is 136 g/mol. The standard InChI is InChI=1S/C10H18O/c1-3-8(2)9-4-6-10(11)7-5-9/h3,8-11H,1,4-7H2,2H3. The Kier molecular flexibility index (Phi) is 3.13. The van der Waals surface area contributed by atoms with E-state index in [1.165, 1.54) is 12.8 Å². The maximum atomic E-state index is 9.26. The van der Waals surface area contributed by atoms with Crippen molar-refractivity contribution in [1.29, 1.82) is 0 Å². The summed E-state index contributed by atoms with van der Waals surface area (Å²) in [5.74, 6) is 1.40. The quantitative estimate of drug-likeness (QED) is 0.605. The largest absolute Gasteiger partial charge is 0.393 e. The van der Waals surface area contributed by atoms with E-state index in [1.54, 1.807) is 0 Å². The van der Waals surface area contributed by atoms with E-state index in [0.717, 1.165) is 18.8 Å². The van der Waals surface area contributed by atoms with E-state index in [-0.39, 0.29) is 6.10 Å². The van der Waals surface area contributed by atoms with E-state index >= 15 is 0 Å². The van der Waals surface area contributed by atoms with Crippen molar-refractivity contribution >= 4 is 0 Å². The zero-order chi connectivity index (χ0) is 8.27. The van der Waals surface area contributed by atoms with Gasteiger partial charge in [0.15, 0.2) is 0 Å². The van der Waals surface area contributed by atoms with Crippen molar-refractivity contribution in [3.05, 3.63) is 12.7 Å². The van der Waals surface area contributed by atoms with Crippen LogP contribution in [0.3, 0.4) is 0 Å². The summed E-state index contributed by atoms with van der Waals surface area (Å²) in [5.41, 5.74) is 0. The van der Waals surface area contributed by atoms with Crippen LogP contribution in [0.1, 0.15) is 32.6 Å². The summed E-state index contributed by atoms with van der Waals surface area (Å²) in [6, 6.07) is 0. The molecule has 1 unspecified atom stereocenters. The van der Waals surface area contributed by atoms with E-state index in [9.17, 15) is 5.11 Å². The molecule has 64 valence electrons. The number of hydrogen-bond donors (Lipinski definition) is 1. The summed E-state index contributed by atoms with van der Waals surface area (Å²) >= 11 is 0. The Morgan fingerprint density at radius 1 is 1.36 bits per heavy atom. The van der Waals surface area contributed by atoms with Crippen molar-refractivity contribution in [2.45, 2.75) is 38.7 Å². The van der Waals surface area contributed by atoms with Gasteiger partial charge in [0.05, 0.1) is 6.10 Å². The first-order chi connectivity index (χ1) is 5.24. The lowest BCUT2D eigenvalue weighted by Gasteiger charge is -2.28. The molecule has 0 aliphatic heterocycles. The van der Waals surface area contributed by atoms with Gasteiger partial charge in [-0.25, -0.2) is 0 Å². The number of allylic oxidation sites excluding steroid dienone is 1. The van der Waals surface area contributed by atoms with Gasteiger partial charge in [-0.2, -0.15) is 0 Å². The highest BCUT2D eigenvalue weighted by molar-refractivity contribution is 4.84. The molecule has 1 aliphatic carbocycles. The van der Waals surface area contributed by atoms with Crippen molar-refractivity contribution < 1.29 is 5.11 Å². The molecule has 1 heteroatoms. The maximum Gasteiger partial charge on any atom is 0.0540 e. The first-order valence-electron chi connectivity index (χ1n) is 4.54. The van der Waals surface area contributed by atoms with Crippen molar-refractivity contribution in [2.75, 3.05) is 0 Å². The molecule has 1 atom stereocenters. The van der Waals surface area contributed by atoms with Gasteiger partial charge in [-0.3, -0.25) is 0 Å². The van der Waals surface area contributed by atoms with Crippen LogP contribution in [0.15, 0.2) is 12.7 Å². The van der Waals surface area contributed by atoms with E-state index in [0.29, 0.717) is 5.92 Å². The van der Waals surface area contributed by atoms with Gasteiger partial charge in [-0.1, -0.05) is 13.0 Å². The molecule has 0 radical (unpaired) electrons. The summed E-state index contributed by atoms with van der Waals surface area (Å²) in [4.78, 5) is 0. The van der Waals surface area contributed by atoms with Crippen molar-refractivity contribution in [3.63, 3.8) is 0 Å². The Morgan fingerprint density at radius 3 is 2.36 bits per heavy atom. The number of aliphatic hydroxyl groups excluding tert-OH is 1. The topological polar surface area (TPSA) is 20.2 Å². The minimum atomic E-state index is -0.0248. The number of hydrogen-bond acceptors (Lipinski definition) is 1. The van der Waals surface area contributed by atoms with Gasteiger partial charge in [-0.15, -0.1) is 6.58 Å². The van der Waals surface area contributed by atoms with Gasteiger partial charge in [0.2, 0.25) is 0 Å². The van der Waals surface area contributed by atoms with Crippen LogP contribution in [0.4, 0.5) is 0 Å². The molecule has 1 rings (SSSR count). The van der Waals surface area contributed by atoms with E-state index in [4.69, 9.17) is 0 Å². The SMILES string of the molecule is C=CC(C)C1CCC(O)CC1. The lowest BCUT2D eigenvalue weighted by molar-refractivity contribution is 0.0998. The third kappa shape index (κ3) is 2.33. The molecule has 11 heavy (non-hydrogen) atoms. The second-order valence-electron chi connectivity index (χ2n) is 3.66. The highest BCUT2D eigenvalue weighted by atomic mass is 16.3. The third-order valence-electron chi connectivity index (χ3n) is 2.86. The van der Waals surface area contributed by atoms with Crippen molar-refractivity contribution in [2.24, 2.45) is 11.8 Å². The zero-order valence-corrected chi connectivity index (χ0v) is 7.29. The van der Waals surface area contributed by atoms with Crippen LogP contribution >= 0.6 is 0 Å². The average molecular weight is 154 g/mol. The van der Waals surface area contributed by atoms with E-state index < -0.39 is 0 Å². The highest BCUT2D eigenvalue weighted by Crippen LogP contribution is 2.30. The van der Waals surface area contributed by atoms with Crippen LogP contribution in [0.25, 0.3) is 0 Å². The predicted molar refractivity (Wildman–Crippen MR) is 47.3 cm³/mol. The predicted octanol–water partition coefficient (Wildman–Crippen LogP) is 2.36. The van der Waals surface area contributed by atoms with Crippen LogP contribution in [-0.2, 0) is 0 Å². The molecule has 1 N–H and O–H groups in total.